The standard InChI is InChI=1S/C18H35N5O4/c1-14(21-22-19)10-8-12-23(16(25)27-18(5,6)7)13-9-11-20-15(24)26-17(2,3)4/h14H,8-13H2,1-7H3,(H,20,24). The number of nitrogens with zero attached hydrogens (tertiary/aromatic N) is 4. The van der Waals surface area contributed by atoms with Crippen LogP contribution in [0.2, 0.25) is 0 Å². The van der Waals surface area contributed by atoms with Crippen LogP contribution in [0.1, 0.15) is 67.7 Å². The number of nitrogens with one attached hydrogen (secondary N) is 1. The second-order valence-electron chi connectivity index (χ2n) is 8.45. The maximum Gasteiger partial charge on any atom is 0.410 e. The minimum Gasteiger partial charge on any atom is -0.444 e. The second kappa shape index (κ2) is 11.5. The Kier molecular flexibility index (Phi) is 10.6. The SMILES string of the molecule is CC(CCCN(CCCNC(=O)OC(C)(C)C)C(=O)OC(C)(C)C)N=[N+]=[N-]. The first-order chi connectivity index (χ1) is 12.3. The van der Waals surface area contributed by atoms with Crippen molar-refractivity contribution >= 4 is 12.2 Å². The van der Waals surface area contributed by atoms with E-state index in [9.17, 15) is 9.59 Å². The third kappa shape index (κ3) is 14.7. The van der Waals surface area contributed by atoms with Crippen LogP contribution in [0.5, 0.6) is 0 Å². The van der Waals surface area contributed by atoms with E-state index in [0.717, 1.165) is 0 Å². The number of rotatable bonds is 9. The molecule has 0 aliphatic carbocycles. The first kappa shape index (κ1) is 24.8. The molecule has 0 saturated heterocycles. The summed E-state index contributed by atoms with van der Waals surface area (Å²) in [6.07, 6.45) is 1.08. The maximum atomic E-state index is 12.4. The van der Waals surface area contributed by atoms with E-state index in [1.54, 1.807) is 25.7 Å². The Labute approximate surface area is 162 Å². The fraction of sp³-hybridized carbons (Fsp3) is 0.889. The van der Waals surface area contributed by atoms with Crippen molar-refractivity contribution in [2.75, 3.05) is 19.6 Å². The number of azide groups is 1. The van der Waals surface area contributed by atoms with Crippen LogP contribution >= 0.6 is 0 Å². The van der Waals surface area contributed by atoms with Gasteiger partial charge in [-0.25, -0.2) is 9.59 Å². The molecule has 1 unspecified atom stereocenters. The van der Waals surface area contributed by atoms with Crippen LogP contribution in [0.15, 0.2) is 5.11 Å². The van der Waals surface area contributed by atoms with Gasteiger partial charge in [-0.15, -0.1) is 0 Å². The minimum absolute atomic E-state index is 0.121. The Hall–Kier alpha value is -2.15. The molecular formula is C18H35N5O4. The molecule has 1 atom stereocenters. The second-order valence-corrected chi connectivity index (χ2v) is 8.45. The van der Waals surface area contributed by atoms with Crippen LogP contribution in [0.3, 0.4) is 0 Å². The molecule has 0 aliphatic rings. The number of hydrogen-bond donors (Lipinski definition) is 1. The van der Waals surface area contributed by atoms with Gasteiger partial charge in [0.1, 0.15) is 11.2 Å². The van der Waals surface area contributed by atoms with Gasteiger partial charge in [-0.3, -0.25) is 0 Å². The molecule has 0 aromatic rings. The molecule has 156 valence electrons. The fourth-order valence-electron chi connectivity index (χ4n) is 2.12. The normalized spacial score (nSPS) is 12.6. The monoisotopic (exact) mass is 385 g/mol. The molecule has 0 fully saturated rings. The lowest BCUT2D eigenvalue weighted by Crippen LogP contribution is -2.39. The van der Waals surface area contributed by atoms with Gasteiger partial charge in [-0.1, -0.05) is 12.0 Å². The summed E-state index contributed by atoms with van der Waals surface area (Å²) in [6.45, 7) is 14.0. The Bertz CT molecular complexity index is 519. The summed E-state index contributed by atoms with van der Waals surface area (Å²) in [5, 5.41) is 6.31. The van der Waals surface area contributed by atoms with E-state index < -0.39 is 23.4 Å². The van der Waals surface area contributed by atoms with Gasteiger partial charge < -0.3 is 19.7 Å². The van der Waals surface area contributed by atoms with E-state index in [-0.39, 0.29) is 6.04 Å². The highest BCUT2D eigenvalue weighted by molar-refractivity contribution is 5.68. The number of carbonyl (C=O) groups excluding carboxylic acids is 2. The number of hydrogen-bond acceptors (Lipinski definition) is 5. The van der Waals surface area contributed by atoms with E-state index in [2.05, 4.69) is 15.3 Å². The summed E-state index contributed by atoms with van der Waals surface area (Å²) >= 11 is 0. The lowest BCUT2D eigenvalue weighted by molar-refractivity contribution is 0.0244. The molecule has 1 N–H and O–H groups in total. The van der Waals surface area contributed by atoms with Gasteiger partial charge in [-0.05, 0) is 66.3 Å². The van der Waals surface area contributed by atoms with Gasteiger partial charge in [0.05, 0.1) is 0 Å². The van der Waals surface area contributed by atoms with Crippen molar-refractivity contribution in [1.82, 2.24) is 10.2 Å². The summed E-state index contributed by atoms with van der Waals surface area (Å²) in [5.41, 5.74) is 7.32. The van der Waals surface area contributed by atoms with Crippen molar-refractivity contribution < 1.29 is 19.1 Å². The van der Waals surface area contributed by atoms with Gasteiger partial charge in [-0.2, -0.15) is 0 Å². The average Bonchev–Trinajstić information content (AvgIpc) is 2.46. The van der Waals surface area contributed by atoms with Gasteiger partial charge in [0.15, 0.2) is 0 Å². The van der Waals surface area contributed by atoms with Crippen molar-refractivity contribution in [3.63, 3.8) is 0 Å². The summed E-state index contributed by atoms with van der Waals surface area (Å²) in [7, 11) is 0. The lowest BCUT2D eigenvalue weighted by atomic mass is 10.2. The average molecular weight is 386 g/mol. The quantitative estimate of drug-likeness (QED) is 0.270. The van der Waals surface area contributed by atoms with E-state index >= 15 is 0 Å². The first-order valence-corrected chi connectivity index (χ1v) is 9.33. The molecule has 2 amide bonds. The zero-order valence-corrected chi connectivity index (χ0v) is 17.7. The first-order valence-electron chi connectivity index (χ1n) is 9.33. The van der Waals surface area contributed by atoms with E-state index in [0.29, 0.717) is 38.9 Å². The Morgan fingerprint density at radius 3 is 2.15 bits per heavy atom. The Balaban J connectivity index is 4.50. The lowest BCUT2D eigenvalue weighted by Gasteiger charge is -2.27. The van der Waals surface area contributed by atoms with Crippen molar-refractivity contribution in [3.05, 3.63) is 10.4 Å². The van der Waals surface area contributed by atoms with E-state index in [1.807, 2.05) is 27.7 Å². The molecular weight excluding hydrogens is 350 g/mol. The molecule has 0 spiro atoms. The Morgan fingerprint density at radius 1 is 1.07 bits per heavy atom. The van der Waals surface area contributed by atoms with Crippen LogP contribution < -0.4 is 5.32 Å². The van der Waals surface area contributed by atoms with E-state index in [1.165, 1.54) is 0 Å². The smallest absolute Gasteiger partial charge is 0.410 e. The summed E-state index contributed by atoms with van der Waals surface area (Å²) in [4.78, 5) is 28.4. The van der Waals surface area contributed by atoms with Crippen LogP contribution in [-0.4, -0.2) is 54.0 Å². The molecule has 0 heterocycles. The molecule has 0 radical (unpaired) electrons. The third-order valence-corrected chi connectivity index (χ3v) is 3.22. The topological polar surface area (TPSA) is 117 Å². The highest BCUT2D eigenvalue weighted by atomic mass is 16.6. The predicted octanol–water partition coefficient (Wildman–Crippen LogP) is 4.62. The van der Waals surface area contributed by atoms with Crippen molar-refractivity contribution in [1.29, 1.82) is 0 Å². The molecule has 0 saturated carbocycles. The highest BCUT2D eigenvalue weighted by Gasteiger charge is 2.22. The fourth-order valence-corrected chi connectivity index (χ4v) is 2.12. The minimum atomic E-state index is -0.581. The number of amides is 2. The summed E-state index contributed by atoms with van der Waals surface area (Å²) in [5.74, 6) is 0. The van der Waals surface area contributed by atoms with Crippen molar-refractivity contribution in [2.24, 2.45) is 5.11 Å². The van der Waals surface area contributed by atoms with Crippen molar-refractivity contribution in [3.8, 4) is 0 Å². The molecule has 0 aliphatic heterocycles. The summed E-state index contributed by atoms with van der Waals surface area (Å²) < 4.78 is 10.6. The number of ether oxygens (including phenoxy) is 2. The number of carbonyl (C=O) groups is 2. The third-order valence-electron chi connectivity index (χ3n) is 3.22. The zero-order valence-electron chi connectivity index (χ0n) is 17.7. The van der Waals surface area contributed by atoms with Gasteiger partial charge >= 0.3 is 12.2 Å². The molecule has 9 nitrogen and oxygen atoms in total. The predicted molar refractivity (Wildman–Crippen MR) is 105 cm³/mol. The molecule has 9 heteroatoms. The highest BCUT2D eigenvalue weighted by Crippen LogP contribution is 2.12. The maximum absolute atomic E-state index is 12.4. The molecule has 0 rings (SSSR count). The van der Waals surface area contributed by atoms with Crippen LogP contribution in [0.4, 0.5) is 9.59 Å². The van der Waals surface area contributed by atoms with Gasteiger partial charge in [0, 0.05) is 30.6 Å². The summed E-state index contributed by atoms with van der Waals surface area (Å²) in [6, 6.07) is -0.121. The Morgan fingerprint density at radius 2 is 1.63 bits per heavy atom. The molecule has 0 aromatic carbocycles. The van der Waals surface area contributed by atoms with Gasteiger partial charge in [0.25, 0.3) is 0 Å². The van der Waals surface area contributed by atoms with Crippen LogP contribution in [-0.2, 0) is 9.47 Å². The van der Waals surface area contributed by atoms with Gasteiger partial charge in [0.2, 0.25) is 0 Å². The molecule has 0 bridgehead atoms. The molecule has 27 heavy (non-hydrogen) atoms. The zero-order chi connectivity index (χ0) is 21.1. The number of alkyl carbamates (subject to hydrolysis) is 1. The van der Waals surface area contributed by atoms with Crippen molar-refractivity contribution in [2.45, 2.75) is 85.0 Å². The van der Waals surface area contributed by atoms with Crippen LogP contribution in [0, 0.1) is 0 Å². The van der Waals surface area contributed by atoms with E-state index in [4.69, 9.17) is 15.0 Å². The van der Waals surface area contributed by atoms with Crippen LogP contribution in [0.25, 0.3) is 10.4 Å². The molecule has 0 aromatic heterocycles. The largest absolute Gasteiger partial charge is 0.444 e.